The monoisotopic (exact) mass is 295 g/mol. The van der Waals surface area contributed by atoms with Crippen LogP contribution in [0.25, 0.3) is 0 Å². The Kier molecular flexibility index (Phi) is 6.15. The van der Waals surface area contributed by atoms with Gasteiger partial charge in [-0.2, -0.15) is 0 Å². The van der Waals surface area contributed by atoms with E-state index < -0.39 is 6.10 Å². The first-order valence-corrected chi connectivity index (χ1v) is 7.91. The molecular weight excluding hydrogens is 269 g/mol. The summed E-state index contributed by atoms with van der Waals surface area (Å²) in [5.41, 5.74) is 0.385. The van der Waals surface area contributed by atoms with E-state index in [0.717, 1.165) is 32.4 Å². The first-order chi connectivity index (χ1) is 10.1. The number of likely N-dealkylation sites (tertiary alicyclic amines) is 1. The van der Waals surface area contributed by atoms with Gasteiger partial charge < -0.3 is 15.1 Å². The maximum Gasteiger partial charge on any atom is 0.129 e. The molecule has 0 aromatic heterocycles. The van der Waals surface area contributed by atoms with Crippen molar-refractivity contribution in [3.05, 3.63) is 35.6 Å². The van der Waals surface area contributed by atoms with Crippen molar-refractivity contribution in [1.29, 1.82) is 0 Å². The molecule has 3 nitrogen and oxygen atoms in total. The van der Waals surface area contributed by atoms with Crippen molar-refractivity contribution in [3.63, 3.8) is 0 Å². The number of benzene rings is 1. The van der Waals surface area contributed by atoms with E-state index in [4.69, 9.17) is 5.11 Å². The van der Waals surface area contributed by atoms with Crippen LogP contribution in [0.1, 0.15) is 44.3 Å². The van der Waals surface area contributed by atoms with Crippen molar-refractivity contribution >= 4 is 0 Å². The zero-order valence-electron chi connectivity index (χ0n) is 12.7. The van der Waals surface area contributed by atoms with E-state index in [1.807, 2.05) is 6.92 Å². The first kappa shape index (κ1) is 16.4. The fraction of sp³-hybridized carbons (Fsp3) is 0.647. The van der Waals surface area contributed by atoms with E-state index in [0.29, 0.717) is 11.6 Å². The Morgan fingerprint density at radius 1 is 1.38 bits per heavy atom. The maximum atomic E-state index is 13.8. The lowest BCUT2D eigenvalue weighted by molar-refractivity contribution is 0.0793. The Morgan fingerprint density at radius 2 is 2.14 bits per heavy atom. The second kappa shape index (κ2) is 7.87. The normalized spacial score (nSPS) is 22.4. The summed E-state index contributed by atoms with van der Waals surface area (Å²) >= 11 is 0. The summed E-state index contributed by atoms with van der Waals surface area (Å²) in [5.74, 6) is -0.355. The van der Waals surface area contributed by atoms with Gasteiger partial charge >= 0.3 is 0 Å². The van der Waals surface area contributed by atoms with Crippen LogP contribution in [-0.4, -0.2) is 40.9 Å². The highest BCUT2D eigenvalue weighted by Gasteiger charge is 2.28. The third-order valence-corrected chi connectivity index (χ3v) is 4.48. The second-order valence-electron chi connectivity index (χ2n) is 6.10. The molecule has 21 heavy (non-hydrogen) atoms. The number of hydrogen-bond acceptors (Lipinski definition) is 3. The topological polar surface area (TPSA) is 43.7 Å². The Morgan fingerprint density at radius 3 is 2.86 bits per heavy atom. The van der Waals surface area contributed by atoms with Gasteiger partial charge in [0.05, 0.1) is 6.10 Å². The minimum atomic E-state index is -0.773. The Balaban J connectivity index is 1.94. The van der Waals surface area contributed by atoms with E-state index in [2.05, 4.69) is 4.90 Å². The van der Waals surface area contributed by atoms with Crippen LogP contribution in [0.15, 0.2) is 24.3 Å². The molecule has 1 aromatic carbocycles. The van der Waals surface area contributed by atoms with Gasteiger partial charge in [0, 0.05) is 24.8 Å². The molecule has 1 fully saturated rings. The van der Waals surface area contributed by atoms with Crippen LogP contribution in [0, 0.1) is 11.7 Å². The van der Waals surface area contributed by atoms with Crippen molar-refractivity contribution in [2.75, 3.05) is 19.7 Å². The van der Waals surface area contributed by atoms with Gasteiger partial charge in [-0.15, -0.1) is 0 Å². The minimum Gasteiger partial charge on any atom is -0.396 e. The molecule has 0 radical (unpaired) electrons. The van der Waals surface area contributed by atoms with Gasteiger partial charge in [0.1, 0.15) is 5.82 Å². The molecule has 0 amide bonds. The highest BCUT2D eigenvalue weighted by atomic mass is 19.1. The van der Waals surface area contributed by atoms with Gasteiger partial charge in [-0.3, -0.25) is 0 Å². The summed E-state index contributed by atoms with van der Waals surface area (Å²) in [7, 11) is 0. The average Bonchev–Trinajstić information content (AvgIpc) is 2.92. The molecule has 1 aliphatic rings. The molecule has 0 bridgehead atoms. The van der Waals surface area contributed by atoms with E-state index in [1.165, 1.54) is 12.5 Å². The molecule has 0 saturated carbocycles. The van der Waals surface area contributed by atoms with Crippen molar-refractivity contribution in [2.45, 2.75) is 44.8 Å². The molecule has 0 aliphatic carbocycles. The van der Waals surface area contributed by atoms with Crippen LogP contribution in [-0.2, 0) is 0 Å². The average molecular weight is 295 g/mol. The number of halogens is 1. The van der Waals surface area contributed by atoms with Gasteiger partial charge in [0.2, 0.25) is 0 Å². The lowest BCUT2D eigenvalue weighted by Gasteiger charge is -2.29. The third-order valence-electron chi connectivity index (χ3n) is 4.48. The zero-order chi connectivity index (χ0) is 15.2. The van der Waals surface area contributed by atoms with Crippen molar-refractivity contribution in [1.82, 2.24) is 4.90 Å². The molecule has 0 spiro atoms. The maximum absolute atomic E-state index is 13.8. The highest BCUT2D eigenvalue weighted by molar-refractivity contribution is 5.20. The summed E-state index contributed by atoms with van der Waals surface area (Å²) in [4.78, 5) is 2.38. The minimum absolute atomic E-state index is 0.0170. The largest absolute Gasteiger partial charge is 0.396 e. The molecule has 2 rings (SSSR count). The first-order valence-electron chi connectivity index (χ1n) is 7.91. The predicted octanol–water partition coefficient (Wildman–Crippen LogP) is 2.73. The van der Waals surface area contributed by atoms with E-state index in [-0.39, 0.29) is 18.3 Å². The van der Waals surface area contributed by atoms with Crippen molar-refractivity contribution < 1.29 is 14.6 Å². The van der Waals surface area contributed by atoms with E-state index >= 15 is 0 Å². The molecule has 1 saturated heterocycles. The summed E-state index contributed by atoms with van der Waals surface area (Å²) < 4.78 is 13.8. The number of hydrogen-bond donors (Lipinski definition) is 2. The third kappa shape index (κ3) is 4.25. The lowest BCUT2D eigenvalue weighted by atomic mass is 9.96. The molecule has 1 aromatic rings. The van der Waals surface area contributed by atoms with Crippen LogP contribution >= 0.6 is 0 Å². The molecule has 3 unspecified atom stereocenters. The van der Waals surface area contributed by atoms with Crippen LogP contribution in [0.2, 0.25) is 0 Å². The molecule has 2 N–H and O–H groups in total. The van der Waals surface area contributed by atoms with E-state index in [9.17, 15) is 9.50 Å². The molecule has 1 aliphatic heterocycles. The fourth-order valence-corrected chi connectivity index (χ4v) is 3.28. The smallest absolute Gasteiger partial charge is 0.129 e. The number of nitrogens with zero attached hydrogens (tertiary/aromatic N) is 1. The van der Waals surface area contributed by atoms with Gasteiger partial charge in [0.25, 0.3) is 0 Å². The standard InChI is InChI=1S/C17H26FNO2/c1-13(17(21)15-8-2-3-9-16(15)18)12-19-10-4-6-14(19)7-5-11-20/h2-3,8-9,13-14,17,20-21H,4-7,10-12H2,1H3. The van der Waals surface area contributed by atoms with Gasteiger partial charge in [-0.05, 0) is 44.2 Å². The highest BCUT2D eigenvalue weighted by Crippen LogP contribution is 2.28. The zero-order valence-corrected chi connectivity index (χ0v) is 12.7. The summed E-state index contributed by atoms with van der Waals surface area (Å²) in [6.07, 6.45) is 3.37. The molecular formula is C17H26FNO2. The quantitative estimate of drug-likeness (QED) is 0.813. The van der Waals surface area contributed by atoms with Crippen LogP contribution in [0.3, 0.4) is 0 Å². The Labute approximate surface area is 126 Å². The summed E-state index contributed by atoms with van der Waals surface area (Å²) in [5, 5.41) is 19.3. The van der Waals surface area contributed by atoms with Crippen molar-refractivity contribution in [2.24, 2.45) is 5.92 Å². The molecule has 118 valence electrons. The van der Waals surface area contributed by atoms with Gasteiger partial charge in [-0.25, -0.2) is 4.39 Å². The summed E-state index contributed by atoms with van der Waals surface area (Å²) in [6.45, 7) is 4.01. The molecule has 3 atom stereocenters. The van der Waals surface area contributed by atoms with Crippen LogP contribution in [0.5, 0.6) is 0 Å². The molecule has 4 heteroatoms. The number of rotatable bonds is 7. The van der Waals surface area contributed by atoms with Crippen LogP contribution in [0.4, 0.5) is 4.39 Å². The predicted molar refractivity (Wildman–Crippen MR) is 81.4 cm³/mol. The summed E-state index contributed by atoms with van der Waals surface area (Å²) in [6, 6.07) is 6.94. The van der Waals surface area contributed by atoms with Crippen molar-refractivity contribution in [3.8, 4) is 0 Å². The van der Waals surface area contributed by atoms with Gasteiger partial charge in [-0.1, -0.05) is 25.1 Å². The Bertz CT molecular complexity index is 441. The molecule has 1 heterocycles. The SMILES string of the molecule is CC(CN1CCCC1CCCO)C(O)c1ccccc1F. The second-order valence-corrected chi connectivity index (χ2v) is 6.10. The number of aliphatic hydroxyl groups is 2. The van der Waals surface area contributed by atoms with E-state index in [1.54, 1.807) is 18.2 Å². The lowest BCUT2D eigenvalue weighted by Crippen LogP contribution is -2.35. The number of aliphatic hydroxyl groups excluding tert-OH is 2. The fourth-order valence-electron chi connectivity index (χ4n) is 3.28. The van der Waals surface area contributed by atoms with Gasteiger partial charge in [0.15, 0.2) is 0 Å². The van der Waals surface area contributed by atoms with Crippen LogP contribution < -0.4 is 0 Å². The Hall–Kier alpha value is -0.970.